The third-order valence-electron chi connectivity index (χ3n) is 2.84. The van der Waals surface area contributed by atoms with Gasteiger partial charge in [-0.3, -0.25) is 0 Å². The maximum absolute atomic E-state index is 11.4. The lowest BCUT2D eigenvalue weighted by Crippen LogP contribution is -2.16. The molecule has 5 nitrogen and oxygen atoms in total. The first-order chi connectivity index (χ1) is 8.77. The summed E-state index contributed by atoms with van der Waals surface area (Å²) in [5, 5.41) is 9.29. The Labute approximate surface area is 113 Å². The van der Waals surface area contributed by atoms with Gasteiger partial charge in [-0.05, 0) is 11.5 Å². The lowest BCUT2D eigenvalue weighted by Gasteiger charge is -2.25. The molecule has 0 bridgehead atoms. The van der Waals surface area contributed by atoms with Gasteiger partial charge in [0.1, 0.15) is 5.56 Å². The van der Waals surface area contributed by atoms with Crippen molar-refractivity contribution in [3.63, 3.8) is 0 Å². The molecule has 106 valence electrons. The van der Waals surface area contributed by atoms with Crippen LogP contribution >= 0.6 is 0 Å². The summed E-state index contributed by atoms with van der Waals surface area (Å²) in [5.41, 5.74) is 0.532. The summed E-state index contributed by atoms with van der Waals surface area (Å²) in [6, 6.07) is 1.57. The Hall–Kier alpha value is -1.91. The van der Waals surface area contributed by atoms with Crippen molar-refractivity contribution < 1.29 is 24.1 Å². The summed E-state index contributed by atoms with van der Waals surface area (Å²) < 4.78 is 15.8. The van der Waals surface area contributed by atoms with Crippen molar-refractivity contribution in [2.45, 2.75) is 26.2 Å². The molecule has 1 rings (SSSR count). The number of carboxylic acids is 1. The molecule has 0 aliphatic heterocycles. The van der Waals surface area contributed by atoms with Gasteiger partial charge in [-0.25, -0.2) is 4.79 Å². The minimum absolute atomic E-state index is 0.0603. The largest absolute Gasteiger partial charge is 0.492 e. The van der Waals surface area contributed by atoms with Crippen LogP contribution in [0.25, 0.3) is 0 Å². The van der Waals surface area contributed by atoms with E-state index in [1.165, 1.54) is 21.3 Å². The van der Waals surface area contributed by atoms with E-state index in [0.717, 1.165) is 5.56 Å². The summed E-state index contributed by atoms with van der Waals surface area (Å²) in [7, 11) is 4.38. The molecule has 0 saturated heterocycles. The zero-order chi connectivity index (χ0) is 14.8. The molecule has 0 radical (unpaired) electrons. The van der Waals surface area contributed by atoms with Gasteiger partial charge in [0.25, 0.3) is 0 Å². The normalized spacial score (nSPS) is 11.1. The summed E-state index contributed by atoms with van der Waals surface area (Å²) >= 11 is 0. The zero-order valence-electron chi connectivity index (χ0n) is 12.2. The average molecular weight is 268 g/mol. The Morgan fingerprint density at radius 1 is 1.00 bits per heavy atom. The highest BCUT2D eigenvalue weighted by atomic mass is 16.5. The van der Waals surface area contributed by atoms with Gasteiger partial charge in [-0.2, -0.15) is 0 Å². The van der Waals surface area contributed by atoms with Crippen molar-refractivity contribution >= 4 is 5.97 Å². The van der Waals surface area contributed by atoms with E-state index in [0.29, 0.717) is 11.5 Å². The Bertz CT molecular complexity index is 486. The Morgan fingerprint density at radius 3 is 1.79 bits per heavy atom. The van der Waals surface area contributed by atoms with Crippen LogP contribution in [0.2, 0.25) is 0 Å². The second kappa shape index (κ2) is 5.38. The van der Waals surface area contributed by atoms with Gasteiger partial charge in [0.05, 0.1) is 21.3 Å². The molecule has 1 N–H and O–H groups in total. The first-order valence-electron chi connectivity index (χ1n) is 5.84. The van der Waals surface area contributed by atoms with Crippen molar-refractivity contribution in [1.29, 1.82) is 0 Å². The second-order valence-electron chi connectivity index (χ2n) is 5.13. The van der Waals surface area contributed by atoms with Crippen molar-refractivity contribution in [2.75, 3.05) is 21.3 Å². The van der Waals surface area contributed by atoms with E-state index in [2.05, 4.69) is 0 Å². The SMILES string of the molecule is COc1c(C(=O)O)cc(C(C)(C)C)c(OC)c1OC. The molecule has 0 heterocycles. The minimum atomic E-state index is -1.07. The predicted octanol–water partition coefficient (Wildman–Crippen LogP) is 2.71. The molecule has 19 heavy (non-hydrogen) atoms. The van der Waals surface area contributed by atoms with Crippen LogP contribution in [-0.2, 0) is 5.41 Å². The third-order valence-corrected chi connectivity index (χ3v) is 2.84. The van der Waals surface area contributed by atoms with Crippen LogP contribution in [0, 0.1) is 0 Å². The highest BCUT2D eigenvalue weighted by Crippen LogP contribution is 2.46. The second-order valence-corrected chi connectivity index (χ2v) is 5.13. The number of hydrogen-bond donors (Lipinski definition) is 1. The number of methoxy groups -OCH3 is 3. The first kappa shape index (κ1) is 15.1. The number of benzene rings is 1. The molecule has 0 aliphatic rings. The van der Waals surface area contributed by atoms with Crippen molar-refractivity contribution in [3.8, 4) is 17.2 Å². The van der Waals surface area contributed by atoms with Gasteiger partial charge >= 0.3 is 5.97 Å². The minimum Gasteiger partial charge on any atom is -0.492 e. The lowest BCUT2D eigenvalue weighted by molar-refractivity contribution is 0.0692. The molecule has 5 heteroatoms. The number of rotatable bonds is 4. The van der Waals surface area contributed by atoms with Crippen LogP contribution in [0.4, 0.5) is 0 Å². The first-order valence-corrected chi connectivity index (χ1v) is 5.84. The summed E-state index contributed by atoms with van der Waals surface area (Å²) in [5.74, 6) is -0.102. The van der Waals surface area contributed by atoms with Crippen LogP contribution in [0.5, 0.6) is 17.2 Å². The van der Waals surface area contributed by atoms with Crippen molar-refractivity contribution in [2.24, 2.45) is 0 Å². The molecule has 0 saturated carbocycles. The summed E-state index contributed by atoms with van der Waals surface area (Å²) in [4.78, 5) is 11.4. The standard InChI is InChI=1S/C14H20O5/c1-14(2,3)9-7-8(13(15)16)10(17-4)12(19-6)11(9)18-5/h7H,1-6H3,(H,15,16). The van der Waals surface area contributed by atoms with E-state index in [4.69, 9.17) is 14.2 Å². The zero-order valence-corrected chi connectivity index (χ0v) is 12.2. The van der Waals surface area contributed by atoms with E-state index in [1.807, 2.05) is 20.8 Å². The number of aromatic carboxylic acids is 1. The third kappa shape index (κ3) is 2.75. The topological polar surface area (TPSA) is 65.0 Å². The number of ether oxygens (including phenoxy) is 3. The molecule has 1 aromatic carbocycles. The monoisotopic (exact) mass is 268 g/mol. The van der Waals surface area contributed by atoms with E-state index in [9.17, 15) is 9.90 Å². The van der Waals surface area contributed by atoms with Crippen molar-refractivity contribution in [1.82, 2.24) is 0 Å². The quantitative estimate of drug-likeness (QED) is 0.909. The molecule has 0 fully saturated rings. The molecule has 0 unspecified atom stereocenters. The van der Waals surface area contributed by atoms with Gasteiger partial charge in [0.2, 0.25) is 5.75 Å². The van der Waals surface area contributed by atoms with E-state index in [1.54, 1.807) is 6.07 Å². The molecule has 0 aliphatic carbocycles. The fourth-order valence-electron chi connectivity index (χ4n) is 1.93. The van der Waals surface area contributed by atoms with E-state index in [-0.39, 0.29) is 16.7 Å². The highest BCUT2D eigenvalue weighted by Gasteiger charge is 2.29. The summed E-state index contributed by atoms with van der Waals surface area (Å²) in [6.45, 7) is 5.92. The predicted molar refractivity (Wildman–Crippen MR) is 71.8 cm³/mol. The van der Waals surface area contributed by atoms with E-state index < -0.39 is 5.97 Å². The maximum Gasteiger partial charge on any atom is 0.339 e. The fourth-order valence-corrected chi connectivity index (χ4v) is 1.93. The van der Waals surface area contributed by atoms with Crippen LogP contribution in [0.3, 0.4) is 0 Å². The molecular formula is C14H20O5. The molecule has 0 atom stereocenters. The van der Waals surface area contributed by atoms with Gasteiger partial charge in [0, 0.05) is 5.56 Å². The lowest BCUT2D eigenvalue weighted by atomic mass is 9.84. The number of carbonyl (C=O) groups is 1. The Kier molecular flexibility index (Phi) is 4.29. The number of hydrogen-bond acceptors (Lipinski definition) is 4. The number of carboxylic acid groups (broad SMARTS) is 1. The Balaban J connectivity index is 3.76. The molecule has 0 aromatic heterocycles. The average Bonchev–Trinajstić information content (AvgIpc) is 2.34. The van der Waals surface area contributed by atoms with Crippen LogP contribution in [0.1, 0.15) is 36.7 Å². The van der Waals surface area contributed by atoms with Gasteiger partial charge in [-0.15, -0.1) is 0 Å². The van der Waals surface area contributed by atoms with Gasteiger partial charge in [0.15, 0.2) is 11.5 Å². The molecule has 1 aromatic rings. The van der Waals surface area contributed by atoms with Crippen LogP contribution < -0.4 is 14.2 Å². The fraction of sp³-hybridized carbons (Fsp3) is 0.500. The summed E-state index contributed by atoms with van der Waals surface area (Å²) in [6.07, 6.45) is 0. The van der Waals surface area contributed by atoms with Crippen LogP contribution in [0.15, 0.2) is 6.07 Å². The molecule has 0 spiro atoms. The Morgan fingerprint density at radius 2 is 1.47 bits per heavy atom. The molecule has 0 amide bonds. The highest BCUT2D eigenvalue weighted by molar-refractivity contribution is 5.93. The van der Waals surface area contributed by atoms with Gasteiger partial charge < -0.3 is 19.3 Å². The van der Waals surface area contributed by atoms with E-state index >= 15 is 0 Å². The van der Waals surface area contributed by atoms with Crippen molar-refractivity contribution in [3.05, 3.63) is 17.2 Å². The maximum atomic E-state index is 11.4. The van der Waals surface area contributed by atoms with Gasteiger partial charge in [-0.1, -0.05) is 20.8 Å². The molecular weight excluding hydrogens is 248 g/mol. The van der Waals surface area contributed by atoms with Crippen LogP contribution in [-0.4, -0.2) is 32.4 Å². The smallest absolute Gasteiger partial charge is 0.339 e.